The average Bonchev–Trinajstić information content (AvgIpc) is 3.22. The minimum Gasteiger partial charge on any atom is -0.391 e. The van der Waals surface area contributed by atoms with Crippen molar-refractivity contribution in [2.45, 2.75) is 38.3 Å². The van der Waals surface area contributed by atoms with Gasteiger partial charge in [0.2, 0.25) is 0 Å². The summed E-state index contributed by atoms with van der Waals surface area (Å²) in [5.41, 5.74) is 1.14. The lowest BCUT2D eigenvalue weighted by atomic mass is 10.1. The number of anilines is 1. The van der Waals surface area contributed by atoms with Crippen molar-refractivity contribution in [3.05, 3.63) is 53.4 Å². The number of aliphatic hydroxyl groups is 1. The number of aliphatic hydroxyl groups excluding tert-OH is 1. The van der Waals surface area contributed by atoms with Gasteiger partial charge in [-0.25, -0.2) is 0 Å². The van der Waals surface area contributed by atoms with Crippen molar-refractivity contribution in [2.75, 3.05) is 31.1 Å². The molecule has 3 rings (SSSR count). The molecule has 1 fully saturated rings. The van der Waals surface area contributed by atoms with Crippen LogP contribution in [0.25, 0.3) is 0 Å². The van der Waals surface area contributed by atoms with E-state index >= 15 is 0 Å². The van der Waals surface area contributed by atoms with Gasteiger partial charge in [-0.15, -0.1) is 11.3 Å². The third-order valence-corrected chi connectivity index (χ3v) is 5.70. The molecule has 0 spiro atoms. The first-order chi connectivity index (χ1) is 13.2. The molecule has 0 radical (unpaired) electrons. The van der Waals surface area contributed by atoms with Crippen molar-refractivity contribution in [1.82, 2.24) is 10.6 Å². The monoisotopic (exact) mass is 386 g/mol. The van der Waals surface area contributed by atoms with E-state index < -0.39 is 6.10 Å². The van der Waals surface area contributed by atoms with Crippen LogP contribution in [0.3, 0.4) is 0 Å². The maximum absolute atomic E-state index is 10.3. The molecule has 2 heterocycles. The molecule has 0 amide bonds. The highest BCUT2D eigenvalue weighted by Crippen LogP contribution is 2.24. The van der Waals surface area contributed by atoms with Crippen LogP contribution >= 0.6 is 11.3 Å². The molecule has 6 heteroatoms. The Morgan fingerprint density at radius 1 is 1.22 bits per heavy atom. The number of hydrogen-bond donors (Lipinski definition) is 3. The van der Waals surface area contributed by atoms with Gasteiger partial charge in [-0.3, -0.25) is 4.99 Å². The number of nitrogens with one attached hydrogen (secondary N) is 2. The van der Waals surface area contributed by atoms with E-state index in [0.29, 0.717) is 19.0 Å². The highest BCUT2D eigenvalue weighted by Gasteiger charge is 2.20. The van der Waals surface area contributed by atoms with E-state index in [1.807, 2.05) is 30.3 Å². The fourth-order valence-corrected chi connectivity index (χ4v) is 4.14. The maximum atomic E-state index is 10.3. The second-order valence-electron chi connectivity index (χ2n) is 6.92. The van der Waals surface area contributed by atoms with E-state index in [-0.39, 0.29) is 0 Å². The van der Waals surface area contributed by atoms with E-state index in [1.54, 1.807) is 11.3 Å². The largest absolute Gasteiger partial charge is 0.391 e. The minimum absolute atomic E-state index is 0.401. The number of aliphatic imine (C=N–C) groups is 1. The van der Waals surface area contributed by atoms with Crippen molar-refractivity contribution >= 4 is 22.3 Å². The lowest BCUT2D eigenvalue weighted by molar-refractivity contribution is 0.183. The van der Waals surface area contributed by atoms with Crippen LogP contribution in [-0.2, 0) is 6.42 Å². The molecule has 1 aliphatic heterocycles. The van der Waals surface area contributed by atoms with Gasteiger partial charge in [0.15, 0.2) is 5.96 Å². The van der Waals surface area contributed by atoms with Crippen LogP contribution in [0.1, 0.15) is 25.3 Å². The summed E-state index contributed by atoms with van der Waals surface area (Å²) < 4.78 is 0. The number of thiophene rings is 1. The van der Waals surface area contributed by atoms with Gasteiger partial charge in [0.1, 0.15) is 0 Å². The Labute approximate surface area is 166 Å². The Hall–Kier alpha value is -2.05. The second-order valence-corrected chi connectivity index (χ2v) is 7.85. The number of piperidine rings is 1. The maximum Gasteiger partial charge on any atom is 0.191 e. The van der Waals surface area contributed by atoms with Crippen LogP contribution in [0.5, 0.6) is 0 Å². The molecular formula is C21H30N4OS. The SMILES string of the molecule is CCNC(=NCC(O)Cc1ccccc1)NC1CCN(c2cccs2)CC1. The van der Waals surface area contributed by atoms with Gasteiger partial charge in [0, 0.05) is 32.1 Å². The van der Waals surface area contributed by atoms with Gasteiger partial charge >= 0.3 is 0 Å². The molecule has 5 nitrogen and oxygen atoms in total. The fraction of sp³-hybridized carbons (Fsp3) is 0.476. The van der Waals surface area contributed by atoms with Crippen LogP contribution in [0.2, 0.25) is 0 Å². The zero-order chi connectivity index (χ0) is 18.9. The van der Waals surface area contributed by atoms with Crippen LogP contribution in [-0.4, -0.2) is 49.4 Å². The molecule has 0 aliphatic carbocycles. The second kappa shape index (κ2) is 10.3. The normalized spacial score (nSPS) is 17.0. The van der Waals surface area contributed by atoms with Gasteiger partial charge in [-0.2, -0.15) is 0 Å². The number of nitrogens with zero attached hydrogens (tertiary/aromatic N) is 2. The molecule has 1 atom stereocenters. The van der Waals surface area contributed by atoms with Gasteiger partial charge < -0.3 is 20.6 Å². The van der Waals surface area contributed by atoms with E-state index in [2.05, 4.69) is 45.0 Å². The van der Waals surface area contributed by atoms with Crippen LogP contribution in [0.4, 0.5) is 5.00 Å². The third kappa shape index (κ3) is 6.26. The smallest absolute Gasteiger partial charge is 0.191 e. The van der Waals surface area contributed by atoms with E-state index in [0.717, 1.165) is 44.0 Å². The average molecular weight is 387 g/mol. The summed E-state index contributed by atoms with van der Waals surface area (Å²) in [6, 6.07) is 14.8. The lowest BCUT2D eigenvalue weighted by Crippen LogP contribution is -2.48. The van der Waals surface area contributed by atoms with Crippen molar-refractivity contribution in [2.24, 2.45) is 4.99 Å². The Kier molecular flexibility index (Phi) is 7.54. The molecule has 1 aromatic carbocycles. The molecule has 0 bridgehead atoms. The molecule has 1 aromatic heterocycles. The number of hydrogen-bond acceptors (Lipinski definition) is 4. The van der Waals surface area contributed by atoms with E-state index in [9.17, 15) is 5.11 Å². The molecule has 0 saturated carbocycles. The van der Waals surface area contributed by atoms with Crippen LogP contribution < -0.4 is 15.5 Å². The topological polar surface area (TPSA) is 59.9 Å². The van der Waals surface area contributed by atoms with Crippen molar-refractivity contribution in [3.63, 3.8) is 0 Å². The quantitative estimate of drug-likeness (QED) is 0.506. The lowest BCUT2D eigenvalue weighted by Gasteiger charge is -2.33. The molecule has 3 N–H and O–H groups in total. The Morgan fingerprint density at radius 2 is 2.00 bits per heavy atom. The zero-order valence-electron chi connectivity index (χ0n) is 16.0. The summed E-state index contributed by atoms with van der Waals surface area (Å²) in [7, 11) is 0. The summed E-state index contributed by atoms with van der Waals surface area (Å²) in [6.07, 6.45) is 2.34. The van der Waals surface area contributed by atoms with Crippen molar-refractivity contribution in [3.8, 4) is 0 Å². The number of guanidine groups is 1. The third-order valence-electron chi connectivity index (χ3n) is 4.77. The Morgan fingerprint density at radius 3 is 2.67 bits per heavy atom. The first-order valence-corrected chi connectivity index (χ1v) is 10.7. The first-order valence-electron chi connectivity index (χ1n) is 9.80. The molecule has 2 aromatic rings. The van der Waals surface area contributed by atoms with Gasteiger partial charge in [-0.05, 0) is 42.8 Å². The fourth-order valence-electron chi connectivity index (χ4n) is 3.35. The van der Waals surface area contributed by atoms with Gasteiger partial charge in [-0.1, -0.05) is 30.3 Å². The summed E-state index contributed by atoms with van der Waals surface area (Å²) in [4.78, 5) is 7.06. The number of rotatable bonds is 7. The highest BCUT2D eigenvalue weighted by molar-refractivity contribution is 7.14. The molecular weight excluding hydrogens is 356 g/mol. The summed E-state index contributed by atoms with van der Waals surface area (Å²) in [6.45, 7) is 5.41. The summed E-state index contributed by atoms with van der Waals surface area (Å²) in [5, 5.41) is 20.6. The predicted molar refractivity (Wildman–Crippen MR) is 115 cm³/mol. The van der Waals surface area contributed by atoms with Crippen molar-refractivity contribution < 1.29 is 5.11 Å². The highest BCUT2D eigenvalue weighted by atomic mass is 32.1. The van der Waals surface area contributed by atoms with Crippen LogP contribution in [0, 0.1) is 0 Å². The van der Waals surface area contributed by atoms with Gasteiger partial charge in [0.25, 0.3) is 0 Å². The molecule has 1 unspecified atom stereocenters. The molecule has 1 aliphatic rings. The van der Waals surface area contributed by atoms with Crippen LogP contribution in [0.15, 0.2) is 52.8 Å². The molecule has 1 saturated heterocycles. The summed E-state index contributed by atoms with van der Waals surface area (Å²) >= 11 is 1.81. The standard InChI is InChI=1S/C21H30N4OS/c1-2-22-21(23-16-19(26)15-17-7-4-3-5-8-17)24-18-10-12-25(13-11-18)20-9-6-14-27-20/h3-9,14,18-19,26H,2,10-13,15-16H2,1H3,(H2,22,23,24). The summed E-state index contributed by atoms with van der Waals surface area (Å²) in [5.74, 6) is 0.805. The van der Waals surface area contributed by atoms with E-state index in [1.165, 1.54) is 5.00 Å². The predicted octanol–water partition coefficient (Wildman–Crippen LogP) is 2.88. The molecule has 146 valence electrons. The Balaban J connectivity index is 1.47. The number of benzene rings is 1. The molecule has 27 heavy (non-hydrogen) atoms. The zero-order valence-corrected chi connectivity index (χ0v) is 16.8. The van der Waals surface area contributed by atoms with Crippen molar-refractivity contribution in [1.29, 1.82) is 0 Å². The van der Waals surface area contributed by atoms with E-state index in [4.69, 9.17) is 0 Å². The van der Waals surface area contributed by atoms with Gasteiger partial charge in [0.05, 0.1) is 17.6 Å². The first kappa shape index (κ1) is 19.7. The Bertz CT molecular complexity index is 681. The minimum atomic E-state index is -0.469.